The maximum absolute atomic E-state index is 9.70. The van der Waals surface area contributed by atoms with Crippen molar-refractivity contribution in [3.8, 4) is 55.9 Å². The van der Waals surface area contributed by atoms with Crippen LogP contribution in [0.15, 0.2) is 231 Å². The van der Waals surface area contributed by atoms with Gasteiger partial charge in [-0.3, -0.25) is 5.41 Å². The normalized spacial score (nSPS) is 12.8. The van der Waals surface area contributed by atoms with E-state index >= 15 is 0 Å². The third-order valence-corrected chi connectivity index (χ3v) is 11.3. The van der Waals surface area contributed by atoms with Crippen LogP contribution in [0.3, 0.4) is 0 Å². The number of nitrogens with zero attached hydrogens (tertiary/aromatic N) is 1. The van der Waals surface area contributed by atoms with Gasteiger partial charge in [0.1, 0.15) is 0 Å². The molecule has 9 aromatic rings. The number of fused-ring (bicyclic) bond motifs is 1. The fourth-order valence-corrected chi connectivity index (χ4v) is 8.15. The molecule has 1 aliphatic heterocycles. The summed E-state index contributed by atoms with van der Waals surface area (Å²) in [5.41, 5.74) is 19.0. The van der Waals surface area contributed by atoms with Gasteiger partial charge in [-0.15, -0.1) is 0 Å². The van der Waals surface area contributed by atoms with Crippen molar-refractivity contribution in [3.63, 3.8) is 0 Å². The highest BCUT2D eigenvalue weighted by molar-refractivity contribution is 6.36. The Hall–Kier alpha value is -8.14. The summed E-state index contributed by atoms with van der Waals surface area (Å²) in [6.45, 7) is 0. The van der Waals surface area contributed by atoms with Gasteiger partial charge < -0.3 is 5.32 Å². The Morgan fingerprint density at radius 1 is 0.361 bits per heavy atom. The maximum Gasteiger partial charge on any atom is 0.0715 e. The van der Waals surface area contributed by atoms with Gasteiger partial charge in [0, 0.05) is 33.5 Å². The molecule has 2 N–H and O–H groups in total. The third-order valence-electron chi connectivity index (χ3n) is 11.3. The number of pyridine rings is 1. The van der Waals surface area contributed by atoms with Crippen molar-refractivity contribution < 1.29 is 0 Å². The molecule has 3 heteroatoms. The summed E-state index contributed by atoms with van der Waals surface area (Å²) < 4.78 is 0. The van der Waals surface area contributed by atoms with Crippen molar-refractivity contribution in [2.45, 2.75) is 0 Å². The van der Waals surface area contributed by atoms with Crippen molar-refractivity contribution in [2.24, 2.45) is 0 Å². The van der Waals surface area contributed by atoms with Gasteiger partial charge in [-0.2, -0.15) is 0 Å². The number of aromatic nitrogens is 1. The summed E-state index contributed by atoms with van der Waals surface area (Å²) in [5.74, 6) is 0. The van der Waals surface area contributed by atoms with Crippen LogP contribution in [-0.4, -0.2) is 10.7 Å². The second-order valence-electron chi connectivity index (χ2n) is 15.2. The molecule has 1 aliphatic rings. The van der Waals surface area contributed by atoms with E-state index in [-0.39, 0.29) is 0 Å². The van der Waals surface area contributed by atoms with E-state index in [9.17, 15) is 5.41 Å². The fraction of sp³-hybridized carbons (Fsp3) is 0. The lowest BCUT2D eigenvalue weighted by Gasteiger charge is -2.27. The molecule has 1 aromatic heterocycles. The molecule has 0 atom stereocenters. The van der Waals surface area contributed by atoms with Gasteiger partial charge in [0.25, 0.3) is 0 Å². The van der Waals surface area contributed by atoms with E-state index in [2.05, 4.69) is 175 Å². The van der Waals surface area contributed by atoms with E-state index < -0.39 is 0 Å². The highest BCUT2D eigenvalue weighted by atomic mass is 14.9. The zero-order valence-corrected chi connectivity index (χ0v) is 33.5. The quantitative estimate of drug-likeness (QED) is 0.143. The fourth-order valence-electron chi connectivity index (χ4n) is 8.15. The van der Waals surface area contributed by atoms with Crippen molar-refractivity contribution in [1.82, 2.24) is 10.3 Å². The highest BCUT2D eigenvalue weighted by Crippen LogP contribution is 2.39. The first kappa shape index (κ1) is 37.2. The van der Waals surface area contributed by atoms with Crippen LogP contribution in [0.2, 0.25) is 0 Å². The van der Waals surface area contributed by atoms with Gasteiger partial charge in [0.05, 0.1) is 22.8 Å². The summed E-state index contributed by atoms with van der Waals surface area (Å²) in [6.07, 6.45) is 2.22. The van der Waals surface area contributed by atoms with E-state index in [0.717, 1.165) is 89.6 Å². The molecule has 0 radical (unpaired) electrons. The summed E-state index contributed by atoms with van der Waals surface area (Å²) in [4.78, 5) is 5.21. The molecule has 0 saturated carbocycles. The number of hydrogen-bond acceptors (Lipinski definition) is 3. The van der Waals surface area contributed by atoms with E-state index in [4.69, 9.17) is 4.98 Å². The van der Waals surface area contributed by atoms with Crippen LogP contribution in [0, 0.1) is 5.41 Å². The summed E-state index contributed by atoms with van der Waals surface area (Å²) in [5, 5.41) is 13.5. The molecule has 0 amide bonds. The Balaban J connectivity index is 1.10. The van der Waals surface area contributed by atoms with Gasteiger partial charge >= 0.3 is 0 Å². The number of allylic oxidation sites excluding steroid dienone is 1. The van der Waals surface area contributed by atoms with Gasteiger partial charge in [0.15, 0.2) is 0 Å². The lowest BCUT2D eigenvalue weighted by atomic mass is 9.86. The van der Waals surface area contributed by atoms with E-state index in [1.807, 2.05) is 66.7 Å². The van der Waals surface area contributed by atoms with Crippen molar-refractivity contribution in [2.75, 3.05) is 0 Å². The third kappa shape index (κ3) is 7.76. The highest BCUT2D eigenvalue weighted by Gasteiger charge is 2.24. The molecule has 288 valence electrons. The van der Waals surface area contributed by atoms with Crippen LogP contribution in [-0.2, 0) is 0 Å². The lowest BCUT2D eigenvalue weighted by molar-refractivity contribution is 1.22. The summed E-state index contributed by atoms with van der Waals surface area (Å²) in [6, 6.07) is 80.2. The van der Waals surface area contributed by atoms with Crippen LogP contribution in [0.5, 0.6) is 0 Å². The molecule has 0 spiro atoms. The zero-order chi connectivity index (χ0) is 41.0. The Morgan fingerprint density at radius 2 is 0.803 bits per heavy atom. The van der Waals surface area contributed by atoms with Gasteiger partial charge in [0.2, 0.25) is 0 Å². The topological polar surface area (TPSA) is 48.8 Å². The SMILES string of the molecule is N=C(/C(=C1\NC(c2ccccc2)=Cc2ccc(-c3cccc(-c4cc(-c5ccccc5)nc(-c5ccc(-c6ccccc6)cc5)c4)c3)cc21)c1ccccc1)c1ccccc1. The molecule has 8 aromatic carbocycles. The predicted molar refractivity (Wildman–Crippen MR) is 255 cm³/mol. The van der Waals surface area contributed by atoms with E-state index in [1.54, 1.807) is 0 Å². The second-order valence-corrected chi connectivity index (χ2v) is 15.2. The zero-order valence-electron chi connectivity index (χ0n) is 33.5. The lowest BCUT2D eigenvalue weighted by Crippen LogP contribution is -2.20. The van der Waals surface area contributed by atoms with Gasteiger partial charge in [-0.25, -0.2) is 4.98 Å². The molecule has 2 heterocycles. The van der Waals surface area contributed by atoms with Crippen molar-refractivity contribution in [1.29, 1.82) is 5.41 Å². The second kappa shape index (κ2) is 16.6. The largest absolute Gasteiger partial charge is 0.354 e. The first-order chi connectivity index (χ1) is 30.1. The van der Waals surface area contributed by atoms with Crippen LogP contribution < -0.4 is 5.32 Å². The Kier molecular flexibility index (Phi) is 10.1. The smallest absolute Gasteiger partial charge is 0.0715 e. The molecule has 0 unspecified atom stereocenters. The van der Waals surface area contributed by atoms with E-state index in [1.165, 1.54) is 11.1 Å². The average Bonchev–Trinajstić information content (AvgIpc) is 3.35. The number of rotatable bonds is 9. The summed E-state index contributed by atoms with van der Waals surface area (Å²) in [7, 11) is 0. The minimum atomic E-state index is 0.458. The Bertz CT molecular complexity index is 3060. The Morgan fingerprint density at radius 3 is 1.43 bits per heavy atom. The monoisotopic (exact) mass is 779 g/mol. The molecular weight excluding hydrogens is 739 g/mol. The minimum Gasteiger partial charge on any atom is -0.354 e. The van der Waals surface area contributed by atoms with Gasteiger partial charge in [-0.05, 0) is 80.4 Å². The van der Waals surface area contributed by atoms with Crippen LogP contribution >= 0.6 is 0 Å². The molecule has 0 fully saturated rings. The van der Waals surface area contributed by atoms with Gasteiger partial charge in [-0.1, -0.05) is 206 Å². The summed E-state index contributed by atoms with van der Waals surface area (Å²) >= 11 is 0. The Labute approximate surface area is 357 Å². The van der Waals surface area contributed by atoms with Crippen LogP contribution in [0.1, 0.15) is 27.8 Å². The van der Waals surface area contributed by atoms with Crippen molar-refractivity contribution >= 4 is 28.8 Å². The standard InChI is InChI=1S/C58H41N3/c59-57(46-25-14-5-15-26-46)56(45-23-12-4-13-24-45)58-52-36-49(33-34-50(52)37-55(61-58)43-21-10-3-11-22-43)47-27-16-28-48(35-47)51-38-53(42-19-8-2-9-20-42)60-54(39-51)44-31-29-41(30-32-44)40-17-6-1-7-18-40/h1-39,59,61H/b58-56-,59-57?. The molecule has 10 rings (SSSR count). The molecule has 3 nitrogen and oxygen atoms in total. The average molecular weight is 780 g/mol. The molecular formula is C58H41N3. The predicted octanol–water partition coefficient (Wildman–Crippen LogP) is 14.5. The number of nitrogens with one attached hydrogen (secondary N) is 2. The minimum absolute atomic E-state index is 0.458. The van der Waals surface area contributed by atoms with E-state index in [0.29, 0.717) is 5.71 Å². The number of benzene rings is 8. The molecule has 61 heavy (non-hydrogen) atoms. The molecule has 0 bridgehead atoms. The van der Waals surface area contributed by atoms with Crippen molar-refractivity contribution in [3.05, 3.63) is 258 Å². The number of hydrogen-bond donors (Lipinski definition) is 2. The molecule has 0 saturated heterocycles. The van der Waals surface area contributed by atoms with Crippen LogP contribution in [0.25, 0.3) is 78.9 Å². The maximum atomic E-state index is 9.70. The molecule has 0 aliphatic carbocycles. The first-order valence-corrected chi connectivity index (χ1v) is 20.6. The van der Waals surface area contributed by atoms with Crippen LogP contribution in [0.4, 0.5) is 0 Å². The first-order valence-electron chi connectivity index (χ1n) is 20.6.